The highest BCUT2D eigenvalue weighted by molar-refractivity contribution is 5.95. The molecule has 0 N–H and O–H groups in total. The maximum atomic E-state index is 13.3. The Morgan fingerprint density at radius 2 is 1.63 bits per heavy atom. The number of hydrazone groups is 1. The molecule has 5 nitrogen and oxygen atoms in total. The molecule has 192 valence electrons. The van der Waals surface area contributed by atoms with Crippen molar-refractivity contribution in [1.82, 2.24) is 0 Å². The minimum atomic E-state index is -4.41. The van der Waals surface area contributed by atoms with Gasteiger partial charge in [0.15, 0.2) is 0 Å². The van der Waals surface area contributed by atoms with E-state index in [2.05, 4.69) is 16.1 Å². The molecule has 4 rings (SSSR count). The van der Waals surface area contributed by atoms with Crippen molar-refractivity contribution in [3.8, 4) is 11.5 Å². The molecule has 8 heteroatoms. The number of nitrogens with zero attached hydrogens (tertiary/aromatic N) is 3. The van der Waals surface area contributed by atoms with E-state index in [1.807, 2.05) is 51.1 Å². The number of hydrogen-bond acceptors (Lipinski definition) is 5. The highest BCUT2D eigenvalue weighted by atomic mass is 19.4. The van der Waals surface area contributed by atoms with Gasteiger partial charge in [0, 0.05) is 31.8 Å². The van der Waals surface area contributed by atoms with Crippen LogP contribution in [0.1, 0.15) is 47.0 Å². The number of rotatable bonds is 6. The van der Waals surface area contributed by atoms with Crippen molar-refractivity contribution in [1.29, 1.82) is 0 Å². The largest absolute Gasteiger partial charge is 0.495 e. The van der Waals surface area contributed by atoms with Gasteiger partial charge in [0.25, 0.3) is 0 Å². The molecule has 0 aromatic heterocycles. The van der Waals surface area contributed by atoms with Crippen molar-refractivity contribution in [3.05, 3.63) is 48.5 Å². The van der Waals surface area contributed by atoms with E-state index >= 15 is 0 Å². The van der Waals surface area contributed by atoms with Crippen LogP contribution in [0, 0.1) is 5.92 Å². The van der Waals surface area contributed by atoms with Crippen LogP contribution in [0.2, 0.25) is 0 Å². The summed E-state index contributed by atoms with van der Waals surface area (Å²) >= 11 is 0. The van der Waals surface area contributed by atoms with Gasteiger partial charge in [-0.2, -0.15) is 18.3 Å². The van der Waals surface area contributed by atoms with Gasteiger partial charge in [-0.3, -0.25) is 5.01 Å². The molecule has 35 heavy (non-hydrogen) atoms. The Hall–Kier alpha value is -2.90. The lowest BCUT2D eigenvalue weighted by Crippen LogP contribution is -2.38. The predicted octanol–water partition coefficient (Wildman–Crippen LogP) is 6.92. The van der Waals surface area contributed by atoms with E-state index in [0.717, 1.165) is 43.1 Å². The molecule has 0 spiro atoms. The van der Waals surface area contributed by atoms with E-state index in [1.165, 1.54) is 5.01 Å². The molecule has 2 aliphatic heterocycles. The van der Waals surface area contributed by atoms with Crippen molar-refractivity contribution in [2.24, 2.45) is 11.0 Å². The zero-order valence-corrected chi connectivity index (χ0v) is 21.2. The SMILES string of the molecule is CC.CC[C@H]1C(C)C(C(F)(F)F)=NN1c1ccc(OC2CCN(c3ccccc3OC)CC2)cc1. The molecule has 2 aliphatic rings. The Labute approximate surface area is 206 Å². The van der Waals surface area contributed by atoms with Gasteiger partial charge in [0.05, 0.1) is 24.5 Å². The third kappa shape index (κ3) is 6.03. The first-order valence-electron chi connectivity index (χ1n) is 12.4. The lowest BCUT2D eigenvalue weighted by Gasteiger charge is -2.34. The fourth-order valence-corrected chi connectivity index (χ4v) is 4.74. The minimum absolute atomic E-state index is 0.0897. The molecule has 1 unspecified atom stereocenters. The Kier molecular flexibility index (Phi) is 8.92. The van der Waals surface area contributed by atoms with Crippen molar-refractivity contribution in [2.75, 3.05) is 30.1 Å². The van der Waals surface area contributed by atoms with Crippen molar-refractivity contribution < 1.29 is 22.6 Å². The number of anilines is 2. The number of halogens is 3. The smallest absolute Gasteiger partial charge is 0.431 e. The number of ether oxygens (including phenoxy) is 2. The third-order valence-electron chi connectivity index (χ3n) is 6.52. The number of benzene rings is 2. The maximum Gasteiger partial charge on any atom is 0.431 e. The van der Waals surface area contributed by atoms with Crippen LogP contribution in [0.25, 0.3) is 0 Å². The van der Waals surface area contributed by atoms with Gasteiger partial charge in [-0.05, 0) is 42.8 Å². The maximum absolute atomic E-state index is 13.3. The molecule has 2 atom stereocenters. The molecular weight excluding hydrogens is 455 g/mol. The molecular formula is C27H36F3N3O2. The van der Waals surface area contributed by atoms with Crippen LogP contribution in [-0.4, -0.2) is 44.2 Å². The highest BCUT2D eigenvalue weighted by Gasteiger charge is 2.47. The molecule has 2 heterocycles. The lowest BCUT2D eigenvalue weighted by atomic mass is 9.95. The topological polar surface area (TPSA) is 37.3 Å². The molecule has 2 aromatic rings. The molecule has 1 saturated heterocycles. The molecule has 0 amide bonds. The molecule has 0 radical (unpaired) electrons. The number of alkyl halides is 3. The standard InChI is InChI=1S/C25H30F3N3O2.C2H6/c1-4-21-17(2)24(25(26,27)28)29-31(21)18-9-11-19(12-10-18)33-20-13-15-30(16-14-20)22-7-5-6-8-23(22)32-3;1-2/h5-12,17,20-21H,4,13-16H2,1-3H3;1-2H3/t17?,21-;/m0./s1. The normalized spacial score (nSPS) is 20.7. The predicted molar refractivity (Wildman–Crippen MR) is 136 cm³/mol. The Bertz CT molecular complexity index is 970. The third-order valence-corrected chi connectivity index (χ3v) is 6.52. The lowest BCUT2D eigenvalue weighted by molar-refractivity contribution is -0.0620. The highest BCUT2D eigenvalue weighted by Crippen LogP contribution is 2.37. The van der Waals surface area contributed by atoms with Crippen LogP contribution in [0.3, 0.4) is 0 Å². The summed E-state index contributed by atoms with van der Waals surface area (Å²) in [6.45, 7) is 9.21. The Morgan fingerprint density at radius 3 is 2.20 bits per heavy atom. The summed E-state index contributed by atoms with van der Waals surface area (Å²) in [6, 6.07) is 14.9. The van der Waals surface area contributed by atoms with Crippen molar-refractivity contribution in [2.45, 2.75) is 65.3 Å². The van der Waals surface area contributed by atoms with E-state index in [4.69, 9.17) is 9.47 Å². The first-order valence-corrected chi connectivity index (χ1v) is 12.4. The zero-order chi connectivity index (χ0) is 25.6. The number of hydrogen-bond donors (Lipinski definition) is 0. The molecule has 0 saturated carbocycles. The van der Waals surface area contributed by atoms with Crippen LogP contribution in [0.4, 0.5) is 24.5 Å². The second-order valence-electron chi connectivity index (χ2n) is 8.56. The van der Waals surface area contributed by atoms with Gasteiger partial charge in [-0.25, -0.2) is 0 Å². The van der Waals surface area contributed by atoms with Gasteiger partial charge in [-0.1, -0.05) is 39.8 Å². The quantitative estimate of drug-likeness (QED) is 0.439. The van der Waals surface area contributed by atoms with Crippen LogP contribution < -0.4 is 19.4 Å². The summed E-state index contributed by atoms with van der Waals surface area (Å²) in [5, 5.41) is 5.43. The van der Waals surface area contributed by atoms with Crippen LogP contribution in [0.5, 0.6) is 11.5 Å². The fraction of sp³-hybridized carbons (Fsp3) is 0.519. The summed E-state index contributed by atoms with van der Waals surface area (Å²) in [7, 11) is 1.68. The van der Waals surface area contributed by atoms with Crippen molar-refractivity contribution >= 4 is 17.1 Å². The first-order chi connectivity index (χ1) is 16.8. The number of methoxy groups -OCH3 is 1. The second kappa shape index (κ2) is 11.7. The monoisotopic (exact) mass is 491 g/mol. The van der Waals surface area contributed by atoms with Gasteiger partial charge >= 0.3 is 6.18 Å². The number of para-hydroxylation sites is 2. The van der Waals surface area contributed by atoms with Gasteiger partial charge < -0.3 is 14.4 Å². The fourth-order valence-electron chi connectivity index (χ4n) is 4.74. The average Bonchev–Trinajstić information content (AvgIpc) is 3.23. The van der Waals surface area contributed by atoms with Gasteiger partial charge in [0.2, 0.25) is 0 Å². The van der Waals surface area contributed by atoms with Crippen LogP contribution >= 0.6 is 0 Å². The van der Waals surface area contributed by atoms with E-state index in [0.29, 0.717) is 12.1 Å². The molecule has 1 fully saturated rings. The zero-order valence-electron chi connectivity index (χ0n) is 21.2. The Morgan fingerprint density at radius 1 is 1.00 bits per heavy atom. The summed E-state index contributed by atoms with van der Waals surface area (Å²) in [6.07, 6.45) is -2.00. The van der Waals surface area contributed by atoms with Gasteiger partial charge in [-0.15, -0.1) is 0 Å². The van der Waals surface area contributed by atoms with Crippen LogP contribution in [0.15, 0.2) is 53.6 Å². The van der Waals surface area contributed by atoms with Crippen molar-refractivity contribution in [3.63, 3.8) is 0 Å². The van der Waals surface area contributed by atoms with E-state index in [1.54, 1.807) is 26.2 Å². The molecule has 0 bridgehead atoms. The summed E-state index contributed by atoms with van der Waals surface area (Å²) in [4.78, 5) is 2.30. The van der Waals surface area contributed by atoms with E-state index in [-0.39, 0.29) is 12.1 Å². The summed E-state index contributed by atoms with van der Waals surface area (Å²) in [5.74, 6) is 0.916. The summed E-state index contributed by atoms with van der Waals surface area (Å²) in [5.41, 5.74) is 1.02. The average molecular weight is 492 g/mol. The van der Waals surface area contributed by atoms with Crippen LogP contribution in [-0.2, 0) is 0 Å². The summed E-state index contributed by atoms with van der Waals surface area (Å²) < 4.78 is 51.6. The minimum Gasteiger partial charge on any atom is -0.495 e. The molecule has 0 aliphatic carbocycles. The first kappa shape index (κ1) is 26.7. The van der Waals surface area contributed by atoms with E-state index < -0.39 is 17.8 Å². The number of piperidine rings is 1. The van der Waals surface area contributed by atoms with E-state index in [9.17, 15) is 13.2 Å². The molecule has 2 aromatic carbocycles. The second-order valence-corrected chi connectivity index (χ2v) is 8.56. The van der Waals surface area contributed by atoms with Gasteiger partial charge in [0.1, 0.15) is 23.3 Å². The Balaban J connectivity index is 0.00000167.